The largest absolute Gasteiger partial charge is 0.481 e. The van der Waals surface area contributed by atoms with Gasteiger partial charge in [-0.3, -0.25) is 14.4 Å². The van der Waals surface area contributed by atoms with Crippen LogP contribution < -0.4 is 9.64 Å². The summed E-state index contributed by atoms with van der Waals surface area (Å²) in [5.74, 6) is 0.0889. The van der Waals surface area contributed by atoms with Gasteiger partial charge in [0.25, 0.3) is 0 Å². The molecule has 0 radical (unpaired) electrons. The number of unbranched alkanes of at least 4 members (excludes halogenated alkanes) is 1. The molecule has 0 bridgehead atoms. The summed E-state index contributed by atoms with van der Waals surface area (Å²) in [6.07, 6.45) is 5.50. The second kappa shape index (κ2) is 16.2. The number of fused-ring (bicyclic) bond motifs is 1. The van der Waals surface area contributed by atoms with Crippen LogP contribution in [0, 0.1) is 37.0 Å². The number of likely N-dealkylation sites (N-methyl/N-ethyl adjacent to an activating group) is 1. The molecule has 1 aliphatic heterocycles. The van der Waals surface area contributed by atoms with Crippen LogP contribution in [0.2, 0.25) is 0 Å². The standard InChI is InChI=1S/C35H44N6O7/c1-22(16-30(43)44)8-6-7-9-31(45)48-32-24(3)17-26(18-25(32)4)20-47-35(46)41-15-12-27-33(37-21-38-34(27)41)39(5)28-19-40(14-11-23(28)2)29(42)10-13-36/h12,15,17-18,21-23,28H,6-11,14,16,19-20H2,1-5H3,(H,43,44)/t22?,23-,28+/m1/s1. The number of hydrogen-bond donors (Lipinski definition) is 1. The molecule has 3 heterocycles. The van der Waals surface area contributed by atoms with Gasteiger partial charge in [-0.1, -0.05) is 26.7 Å². The van der Waals surface area contributed by atoms with E-state index in [2.05, 4.69) is 16.9 Å². The summed E-state index contributed by atoms with van der Waals surface area (Å²) in [4.78, 5) is 61.5. The SMILES string of the molecule is Cc1cc(COC(=O)n2ccc3c(N(C)[C@H]4CN(C(=O)CC#N)CC[C@H]4C)ncnc32)cc(C)c1OC(=O)CCCCC(C)CC(=O)O. The number of aryl methyl sites for hydroxylation is 2. The molecule has 0 aliphatic carbocycles. The summed E-state index contributed by atoms with van der Waals surface area (Å²) < 4.78 is 12.6. The second-order valence-corrected chi connectivity index (χ2v) is 12.8. The summed E-state index contributed by atoms with van der Waals surface area (Å²) in [7, 11) is 1.91. The number of carboxylic acids is 1. The summed E-state index contributed by atoms with van der Waals surface area (Å²) in [6.45, 7) is 8.75. The molecular formula is C35H44N6O7. The molecule has 1 N–H and O–H groups in total. The van der Waals surface area contributed by atoms with Crippen LogP contribution in [0.1, 0.15) is 75.5 Å². The average Bonchev–Trinajstić information content (AvgIpc) is 3.48. The lowest BCUT2D eigenvalue weighted by Crippen LogP contribution is -2.52. The molecule has 0 spiro atoms. The van der Waals surface area contributed by atoms with Crippen molar-refractivity contribution in [3.05, 3.63) is 47.4 Å². The van der Waals surface area contributed by atoms with Gasteiger partial charge in [-0.15, -0.1) is 0 Å². The number of likely N-dealkylation sites (tertiary alicyclic amines) is 1. The smallest absolute Gasteiger partial charge is 0.420 e. The quantitative estimate of drug-likeness (QED) is 0.142. The van der Waals surface area contributed by atoms with E-state index in [4.69, 9.17) is 19.8 Å². The van der Waals surface area contributed by atoms with E-state index in [1.165, 1.54) is 10.9 Å². The van der Waals surface area contributed by atoms with Crippen molar-refractivity contribution in [2.24, 2.45) is 11.8 Å². The molecule has 2 aromatic heterocycles. The number of carbonyl (C=O) groups is 4. The fourth-order valence-corrected chi connectivity index (χ4v) is 6.31. The third-order valence-corrected chi connectivity index (χ3v) is 8.94. The minimum Gasteiger partial charge on any atom is -0.481 e. The number of carboxylic acid groups (broad SMARTS) is 1. The van der Waals surface area contributed by atoms with Gasteiger partial charge < -0.3 is 24.4 Å². The molecule has 3 aromatic rings. The van der Waals surface area contributed by atoms with Gasteiger partial charge in [0.2, 0.25) is 5.91 Å². The van der Waals surface area contributed by atoms with Crippen LogP contribution in [-0.2, 0) is 25.7 Å². The van der Waals surface area contributed by atoms with Crippen LogP contribution >= 0.6 is 0 Å². The maximum Gasteiger partial charge on any atom is 0.420 e. The molecule has 3 atom stereocenters. The number of rotatable bonds is 13. The van der Waals surface area contributed by atoms with E-state index in [1.54, 1.807) is 17.2 Å². The fourth-order valence-electron chi connectivity index (χ4n) is 6.31. The second-order valence-electron chi connectivity index (χ2n) is 12.8. The summed E-state index contributed by atoms with van der Waals surface area (Å²) >= 11 is 0. The van der Waals surface area contributed by atoms with Crippen molar-refractivity contribution in [1.29, 1.82) is 5.26 Å². The Morgan fingerprint density at radius 2 is 1.90 bits per heavy atom. The Kier molecular flexibility index (Phi) is 12.1. The molecule has 4 rings (SSSR count). The summed E-state index contributed by atoms with van der Waals surface area (Å²) in [5, 5.41) is 18.5. The normalized spacial score (nSPS) is 16.6. The molecule has 48 heavy (non-hydrogen) atoms. The highest BCUT2D eigenvalue weighted by molar-refractivity contribution is 5.93. The zero-order chi connectivity index (χ0) is 35.0. The molecule has 1 aliphatic rings. The first-order chi connectivity index (χ1) is 22.9. The third kappa shape index (κ3) is 8.87. The first-order valence-corrected chi connectivity index (χ1v) is 16.3. The zero-order valence-corrected chi connectivity index (χ0v) is 28.3. The van der Waals surface area contributed by atoms with E-state index >= 15 is 0 Å². The molecule has 0 saturated carbocycles. The molecule has 1 unspecified atom stereocenters. The lowest BCUT2D eigenvalue weighted by Gasteiger charge is -2.42. The van der Waals surface area contributed by atoms with Crippen LogP contribution in [-0.4, -0.2) is 74.7 Å². The number of esters is 1. The molecule has 256 valence electrons. The van der Waals surface area contributed by atoms with E-state index in [0.29, 0.717) is 42.1 Å². The van der Waals surface area contributed by atoms with Crippen molar-refractivity contribution < 1.29 is 33.8 Å². The van der Waals surface area contributed by atoms with Gasteiger partial charge >= 0.3 is 18.0 Å². The maximum atomic E-state index is 13.2. The van der Waals surface area contributed by atoms with Gasteiger partial charge in [0.1, 0.15) is 30.9 Å². The van der Waals surface area contributed by atoms with Crippen molar-refractivity contribution in [1.82, 2.24) is 19.4 Å². The van der Waals surface area contributed by atoms with Crippen LogP contribution in [0.15, 0.2) is 30.7 Å². The van der Waals surface area contributed by atoms with Gasteiger partial charge in [-0.05, 0) is 73.4 Å². The van der Waals surface area contributed by atoms with Crippen molar-refractivity contribution in [2.45, 2.75) is 85.3 Å². The first kappa shape index (κ1) is 35.9. The van der Waals surface area contributed by atoms with E-state index in [9.17, 15) is 19.2 Å². The topological polar surface area (TPSA) is 168 Å². The number of piperidine rings is 1. The Hall–Kier alpha value is -4.99. The number of ether oxygens (including phenoxy) is 2. The Balaban J connectivity index is 1.37. The third-order valence-electron chi connectivity index (χ3n) is 8.94. The molecule has 1 fully saturated rings. The van der Waals surface area contributed by atoms with Crippen molar-refractivity contribution >= 4 is 40.8 Å². The van der Waals surface area contributed by atoms with Gasteiger partial charge in [-0.2, -0.15) is 5.26 Å². The monoisotopic (exact) mass is 660 g/mol. The van der Waals surface area contributed by atoms with Crippen molar-refractivity contribution in [3.63, 3.8) is 0 Å². The minimum atomic E-state index is -0.816. The zero-order valence-electron chi connectivity index (χ0n) is 28.3. The number of benzene rings is 1. The van der Waals surface area contributed by atoms with Crippen LogP contribution in [0.5, 0.6) is 5.75 Å². The van der Waals surface area contributed by atoms with Crippen LogP contribution in [0.4, 0.5) is 10.6 Å². The highest BCUT2D eigenvalue weighted by atomic mass is 16.6. The van der Waals surface area contributed by atoms with Crippen molar-refractivity contribution in [2.75, 3.05) is 25.0 Å². The Morgan fingerprint density at radius 3 is 2.58 bits per heavy atom. The van der Waals surface area contributed by atoms with Gasteiger partial charge in [0.05, 0.1) is 17.5 Å². The van der Waals surface area contributed by atoms with E-state index in [1.807, 2.05) is 50.9 Å². The number of nitriles is 1. The highest BCUT2D eigenvalue weighted by Crippen LogP contribution is 2.30. The molecule has 1 aromatic carbocycles. The molecule has 13 nitrogen and oxygen atoms in total. The number of nitrogens with zero attached hydrogens (tertiary/aromatic N) is 6. The lowest BCUT2D eigenvalue weighted by atomic mass is 9.92. The Bertz CT molecular complexity index is 1670. The Morgan fingerprint density at radius 1 is 1.17 bits per heavy atom. The Labute approximate surface area is 280 Å². The molecular weight excluding hydrogens is 616 g/mol. The van der Waals surface area contributed by atoms with Crippen LogP contribution in [0.3, 0.4) is 0 Å². The number of hydrogen-bond acceptors (Lipinski definition) is 10. The van der Waals surface area contributed by atoms with Crippen LogP contribution in [0.25, 0.3) is 11.0 Å². The predicted molar refractivity (Wildman–Crippen MR) is 177 cm³/mol. The highest BCUT2D eigenvalue weighted by Gasteiger charge is 2.33. The predicted octanol–water partition coefficient (Wildman–Crippen LogP) is 5.40. The number of aliphatic carboxylic acids is 1. The summed E-state index contributed by atoms with van der Waals surface area (Å²) in [6, 6.07) is 7.29. The van der Waals surface area contributed by atoms with Gasteiger partial charge in [0, 0.05) is 39.2 Å². The minimum absolute atomic E-state index is 0.00701. The number of carbonyl (C=O) groups excluding carboxylic acids is 3. The number of aromatic nitrogens is 3. The van der Waals surface area contributed by atoms with E-state index < -0.39 is 12.1 Å². The van der Waals surface area contributed by atoms with E-state index in [-0.39, 0.29) is 55.6 Å². The fraction of sp³-hybridized carbons (Fsp3) is 0.514. The molecule has 1 amide bonds. The number of anilines is 1. The maximum absolute atomic E-state index is 13.2. The van der Waals surface area contributed by atoms with Gasteiger partial charge in [-0.25, -0.2) is 19.3 Å². The van der Waals surface area contributed by atoms with E-state index in [0.717, 1.165) is 36.0 Å². The van der Waals surface area contributed by atoms with Gasteiger partial charge in [0.15, 0.2) is 5.65 Å². The first-order valence-electron chi connectivity index (χ1n) is 16.3. The van der Waals surface area contributed by atoms with Crippen molar-refractivity contribution in [3.8, 4) is 11.8 Å². The number of amides is 1. The summed E-state index contributed by atoms with van der Waals surface area (Å²) in [5.41, 5.74) is 2.60. The lowest BCUT2D eigenvalue weighted by molar-refractivity contribution is -0.138. The molecule has 13 heteroatoms. The molecule has 1 saturated heterocycles. The average molecular weight is 661 g/mol.